The molecular formula is C23H32N6O. The summed E-state index contributed by atoms with van der Waals surface area (Å²) in [6, 6.07) is 6.11. The Labute approximate surface area is 178 Å². The normalized spacial score (nSPS) is 17.4. The second-order valence-corrected chi connectivity index (χ2v) is 7.94. The SMILES string of the molecule is COCCNCc1nnc(C2CCN(c3ccccn3)CC2)n1CC1=CCCC=C1. The van der Waals surface area contributed by atoms with Gasteiger partial charge in [0, 0.05) is 38.9 Å². The maximum absolute atomic E-state index is 5.15. The van der Waals surface area contributed by atoms with Crippen molar-refractivity contribution in [3.63, 3.8) is 0 Å². The monoisotopic (exact) mass is 408 g/mol. The number of ether oxygens (including phenoxy) is 1. The topological polar surface area (TPSA) is 68.1 Å². The molecule has 1 N–H and O–H groups in total. The summed E-state index contributed by atoms with van der Waals surface area (Å²) < 4.78 is 7.48. The zero-order chi connectivity index (χ0) is 20.6. The van der Waals surface area contributed by atoms with Crippen LogP contribution < -0.4 is 10.2 Å². The second kappa shape index (κ2) is 10.5. The van der Waals surface area contributed by atoms with Crippen molar-refractivity contribution < 1.29 is 4.74 Å². The lowest BCUT2D eigenvalue weighted by Gasteiger charge is -2.32. The van der Waals surface area contributed by atoms with E-state index in [0.29, 0.717) is 19.1 Å². The Morgan fingerprint density at radius 3 is 2.80 bits per heavy atom. The van der Waals surface area contributed by atoms with E-state index in [1.54, 1.807) is 7.11 Å². The summed E-state index contributed by atoms with van der Waals surface area (Å²) in [6.45, 7) is 5.06. The minimum Gasteiger partial charge on any atom is -0.383 e. The Morgan fingerprint density at radius 2 is 2.07 bits per heavy atom. The van der Waals surface area contributed by atoms with Gasteiger partial charge in [-0.25, -0.2) is 4.98 Å². The first-order chi connectivity index (χ1) is 14.8. The van der Waals surface area contributed by atoms with Crippen LogP contribution in [0.1, 0.15) is 43.3 Å². The molecule has 2 aromatic rings. The van der Waals surface area contributed by atoms with Gasteiger partial charge in [-0.2, -0.15) is 0 Å². The average molecular weight is 409 g/mol. The molecule has 0 saturated carbocycles. The van der Waals surface area contributed by atoms with Crippen LogP contribution >= 0.6 is 0 Å². The van der Waals surface area contributed by atoms with Crippen LogP contribution in [0.25, 0.3) is 0 Å². The van der Waals surface area contributed by atoms with Gasteiger partial charge in [-0.1, -0.05) is 24.3 Å². The van der Waals surface area contributed by atoms with E-state index in [1.807, 2.05) is 12.3 Å². The van der Waals surface area contributed by atoms with Crippen LogP contribution in [0.15, 0.2) is 48.2 Å². The zero-order valence-electron chi connectivity index (χ0n) is 17.8. The van der Waals surface area contributed by atoms with Gasteiger partial charge in [0.1, 0.15) is 17.5 Å². The van der Waals surface area contributed by atoms with E-state index in [2.05, 4.69) is 60.3 Å². The van der Waals surface area contributed by atoms with Crippen LogP contribution in [0, 0.1) is 0 Å². The fourth-order valence-electron chi connectivity index (χ4n) is 4.20. The van der Waals surface area contributed by atoms with E-state index in [0.717, 1.165) is 69.3 Å². The Balaban J connectivity index is 1.47. The number of rotatable bonds is 9. The molecule has 7 heteroatoms. The van der Waals surface area contributed by atoms with Crippen molar-refractivity contribution in [1.29, 1.82) is 0 Å². The predicted octanol–water partition coefficient (Wildman–Crippen LogP) is 3.07. The first-order valence-corrected chi connectivity index (χ1v) is 11.0. The van der Waals surface area contributed by atoms with Gasteiger partial charge >= 0.3 is 0 Å². The van der Waals surface area contributed by atoms with E-state index in [9.17, 15) is 0 Å². The lowest BCUT2D eigenvalue weighted by molar-refractivity contribution is 0.199. The Bertz CT molecular complexity index is 852. The van der Waals surface area contributed by atoms with Crippen LogP contribution in [0.5, 0.6) is 0 Å². The molecule has 3 heterocycles. The standard InChI is InChI=1S/C23H32N6O/c1-30-16-13-24-17-22-26-27-23(29(22)18-19-7-3-2-4-8-19)20-10-14-28(15-11-20)21-9-5-6-12-25-21/h3,5-9,12,20,24H,2,4,10-11,13-18H2,1H3. The van der Waals surface area contributed by atoms with Crippen molar-refractivity contribution >= 4 is 5.82 Å². The van der Waals surface area contributed by atoms with E-state index in [4.69, 9.17) is 4.74 Å². The third-order valence-corrected chi connectivity index (χ3v) is 5.87. The number of allylic oxidation sites excluding steroid dienone is 4. The first-order valence-electron chi connectivity index (χ1n) is 11.0. The highest BCUT2D eigenvalue weighted by atomic mass is 16.5. The Kier molecular flexibility index (Phi) is 7.26. The largest absolute Gasteiger partial charge is 0.383 e. The molecule has 2 aromatic heterocycles. The van der Waals surface area contributed by atoms with E-state index < -0.39 is 0 Å². The van der Waals surface area contributed by atoms with E-state index >= 15 is 0 Å². The minimum absolute atomic E-state index is 0.429. The Hall–Kier alpha value is -2.51. The van der Waals surface area contributed by atoms with Crippen molar-refractivity contribution in [2.24, 2.45) is 0 Å². The molecule has 1 aliphatic heterocycles. The highest BCUT2D eigenvalue weighted by molar-refractivity contribution is 5.38. The molecule has 0 radical (unpaired) electrons. The fraction of sp³-hybridized carbons (Fsp3) is 0.522. The van der Waals surface area contributed by atoms with Crippen molar-refractivity contribution in [1.82, 2.24) is 25.1 Å². The maximum atomic E-state index is 5.15. The third kappa shape index (κ3) is 5.15. The highest BCUT2D eigenvalue weighted by Crippen LogP contribution is 2.30. The lowest BCUT2D eigenvalue weighted by atomic mass is 9.95. The van der Waals surface area contributed by atoms with Crippen molar-refractivity contribution in [3.05, 3.63) is 59.8 Å². The molecular weight excluding hydrogens is 376 g/mol. The van der Waals surface area contributed by atoms with Crippen molar-refractivity contribution in [3.8, 4) is 0 Å². The van der Waals surface area contributed by atoms with Gasteiger partial charge in [0.05, 0.1) is 19.7 Å². The summed E-state index contributed by atoms with van der Waals surface area (Å²) in [7, 11) is 1.72. The summed E-state index contributed by atoms with van der Waals surface area (Å²) in [5.41, 5.74) is 1.35. The summed E-state index contributed by atoms with van der Waals surface area (Å²) in [4.78, 5) is 6.88. The number of piperidine rings is 1. The number of pyridine rings is 1. The van der Waals surface area contributed by atoms with Crippen LogP contribution in [0.4, 0.5) is 5.82 Å². The van der Waals surface area contributed by atoms with Gasteiger partial charge < -0.3 is 19.5 Å². The molecule has 30 heavy (non-hydrogen) atoms. The second-order valence-electron chi connectivity index (χ2n) is 7.94. The van der Waals surface area contributed by atoms with Gasteiger partial charge in [-0.05, 0) is 43.4 Å². The molecule has 2 aliphatic rings. The zero-order valence-corrected chi connectivity index (χ0v) is 17.8. The number of aromatic nitrogens is 4. The van der Waals surface area contributed by atoms with Crippen molar-refractivity contribution in [2.75, 3.05) is 38.3 Å². The van der Waals surface area contributed by atoms with Gasteiger partial charge in [0.15, 0.2) is 0 Å². The van der Waals surface area contributed by atoms with E-state index in [-0.39, 0.29) is 0 Å². The molecule has 0 amide bonds. The molecule has 1 aliphatic carbocycles. The molecule has 7 nitrogen and oxygen atoms in total. The van der Waals surface area contributed by atoms with Crippen LogP contribution in [0.3, 0.4) is 0 Å². The molecule has 1 saturated heterocycles. The van der Waals surface area contributed by atoms with Crippen LogP contribution in [0.2, 0.25) is 0 Å². The average Bonchev–Trinajstić information content (AvgIpc) is 3.20. The van der Waals surface area contributed by atoms with Crippen LogP contribution in [-0.4, -0.2) is 53.1 Å². The molecule has 0 unspecified atom stereocenters. The predicted molar refractivity (Wildman–Crippen MR) is 118 cm³/mol. The number of nitrogens with zero attached hydrogens (tertiary/aromatic N) is 5. The molecule has 0 bridgehead atoms. The molecule has 0 spiro atoms. The molecule has 0 aromatic carbocycles. The third-order valence-electron chi connectivity index (χ3n) is 5.87. The van der Waals surface area contributed by atoms with Gasteiger partial charge in [0.2, 0.25) is 0 Å². The molecule has 1 fully saturated rings. The van der Waals surface area contributed by atoms with E-state index in [1.165, 1.54) is 5.57 Å². The summed E-state index contributed by atoms with van der Waals surface area (Å²) in [6.07, 6.45) is 13.1. The summed E-state index contributed by atoms with van der Waals surface area (Å²) in [5.74, 6) is 3.63. The fourth-order valence-corrected chi connectivity index (χ4v) is 4.20. The molecule has 0 atom stereocenters. The molecule has 4 rings (SSSR count). The first kappa shape index (κ1) is 20.8. The van der Waals surface area contributed by atoms with Gasteiger partial charge in [-0.15, -0.1) is 10.2 Å². The minimum atomic E-state index is 0.429. The quantitative estimate of drug-likeness (QED) is 0.643. The van der Waals surface area contributed by atoms with Crippen LogP contribution in [-0.2, 0) is 17.8 Å². The number of nitrogens with one attached hydrogen (secondary N) is 1. The number of methoxy groups -OCH3 is 1. The highest BCUT2D eigenvalue weighted by Gasteiger charge is 2.27. The van der Waals surface area contributed by atoms with Gasteiger partial charge in [0.25, 0.3) is 0 Å². The number of hydrogen-bond donors (Lipinski definition) is 1. The summed E-state index contributed by atoms with van der Waals surface area (Å²) in [5, 5.41) is 12.6. The lowest BCUT2D eigenvalue weighted by Crippen LogP contribution is -2.34. The van der Waals surface area contributed by atoms with Gasteiger partial charge in [-0.3, -0.25) is 0 Å². The molecule has 160 valence electrons. The number of hydrogen-bond acceptors (Lipinski definition) is 6. The maximum Gasteiger partial charge on any atom is 0.147 e. The smallest absolute Gasteiger partial charge is 0.147 e. The number of anilines is 1. The summed E-state index contributed by atoms with van der Waals surface area (Å²) >= 11 is 0. The Morgan fingerprint density at radius 1 is 1.17 bits per heavy atom. The van der Waals surface area contributed by atoms with Crippen molar-refractivity contribution in [2.45, 2.75) is 44.7 Å².